The van der Waals surface area contributed by atoms with Gasteiger partial charge in [-0.25, -0.2) is 0 Å². The van der Waals surface area contributed by atoms with Crippen molar-refractivity contribution in [1.29, 1.82) is 5.26 Å². The van der Waals surface area contributed by atoms with Gasteiger partial charge < -0.3 is 19.9 Å². The third-order valence-electron chi connectivity index (χ3n) is 2.54. The van der Waals surface area contributed by atoms with E-state index in [9.17, 15) is 5.11 Å². The van der Waals surface area contributed by atoms with Crippen molar-refractivity contribution >= 4 is 0 Å². The van der Waals surface area contributed by atoms with Gasteiger partial charge in [0, 0.05) is 13.1 Å². The molecular weight excluding hydrogens is 232 g/mol. The highest BCUT2D eigenvalue weighted by atomic mass is 16.5. The summed E-state index contributed by atoms with van der Waals surface area (Å²) in [7, 11) is 2.98. The van der Waals surface area contributed by atoms with E-state index in [2.05, 4.69) is 11.4 Å². The fourth-order valence-corrected chi connectivity index (χ4v) is 1.53. The van der Waals surface area contributed by atoms with E-state index in [0.717, 1.165) is 5.56 Å². The van der Waals surface area contributed by atoms with Crippen LogP contribution in [0.5, 0.6) is 17.2 Å². The zero-order valence-corrected chi connectivity index (χ0v) is 10.9. The van der Waals surface area contributed by atoms with Gasteiger partial charge in [-0.1, -0.05) is 0 Å². The molecule has 0 fully saturated rings. The van der Waals surface area contributed by atoms with Crippen LogP contribution in [-0.2, 0) is 6.54 Å². The Labute approximate surface area is 107 Å². The van der Waals surface area contributed by atoms with Crippen LogP contribution < -0.4 is 14.8 Å². The minimum absolute atomic E-state index is 0.00542. The molecule has 1 atom stereocenters. The predicted molar refractivity (Wildman–Crippen MR) is 67.7 cm³/mol. The van der Waals surface area contributed by atoms with Gasteiger partial charge in [0.1, 0.15) is 0 Å². The van der Waals surface area contributed by atoms with Crippen LogP contribution in [0, 0.1) is 17.2 Å². The molecule has 2 N–H and O–H groups in total. The molecule has 0 saturated heterocycles. The van der Waals surface area contributed by atoms with E-state index in [1.165, 1.54) is 14.2 Å². The molecule has 0 radical (unpaired) electrons. The second kappa shape index (κ2) is 6.72. The Hall–Kier alpha value is -1.93. The Kier molecular flexibility index (Phi) is 5.28. The van der Waals surface area contributed by atoms with Crippen LogP contribution in [0.3, 0.4) is 0 Å². The van der Waals surface area contributed by atoms with E-state index in [-0.39, 0.29) is 11.7 Å². The van der Waals surface area contributed by atoms with Crippen molar-refractivity contribution in [2.75, 3.05) is 20.8 Å². The van der Waals surface area contributed by atoms with E-state index >= 15 is 0 Å². The molecule has 0 bridgehead atoms. The Morgan fingerprint density at radius 2 is 1.89 bits per heavy atom. The maximum absolute atomic E-state index is 9.75. The van der Waals surface area contributed by atoms with Crippen LogP contribution in [0.1, 0.15) is 12.5 Å². The summed E-state index contributed by atoms with van der Waals surface area (Å²) in [6.45, 7) is 3.05. The number of nitriles is 1. The van der Waals surface area contributed by atoms with Gasteiger partial charge in [-0.05, 0) is 24.6 Å². The van der Waals surface area contributed by atoms with Gasteiger partial charge in [-0.15, -0.1) is 0 Å². The standard InChI is InChI=1S/C13H18N2O3/c1-9(6-14)7-15-8-10-4-11(17-2)13(16)12(5-10)18-3/h4-5,9,15-16H,7-8H2,1-3H3. The van der Waals surface area contributed by atoms with Crippen LogP contribution in [0.4, 0.5) is 0 Å². The largest absolute Gasteiger partial charge is 0.502 e. The molecule has 1 aromatic carbocycles. The van der Waals surface area contributed by atoms with Crippen molar-refractivity contribution in [2.24, 2.45) is 5.92 Å². The molecule has 0 amide bonds. The summed E-state index contributed by atoms with van der Waals surface area (Å²) in [4.78, 5) is 0. The smallest absolute Gasteiger partial charge is 0.200 e. The van der Waals surface area contributed by atoms with Crippen LogP contribution in [0.15, 0.2) is 12.1 Å². The van der Waals surface area contributed by atoms with Crippen molar-refractivity contribution in [3.8, 4) is 23.3 Å². The number of methoxy groups -OCH3 is 2. The highest BCUT2D eigenvalue weighted by molar-refractivity contribution is 5.52. The normalized spacial score (nSPS) is 11.7. The fourth-order valence-electron chi connectivity index (χ4n) is 1.53. The average molecular weight is 250 g/mol. The average Bonchev–Trinajstić information content (AvgIpc) is 2.39. The minimum atomic E-state index is -0.0362. The molecule has 5 heteroatoms. The quantitative estimate of drug-likeness (QED) is 0.803. The van der Waals surface area contributed by atoms with Gasteiger partial charge in [0.2, 0.25) is 5.75 Å². The first-order valence-electron chi connectivity index (χ1n) is 5.66. The summed E-state index contributed by atoms with van der Waals surface area (Å²) in [6.07, 6.45) is 0. The van der Waals surface area contributed by atoms with Crippen molar-refractivity contribution in [1.82, 2.24) is 5.32 Å². The van der Waals surface area contributed by atoms with E-state index < -0.39 is 0 Å². The van der Waals surface area contributed by atoms with Crippen LogP contribution in [0.2, 0.25) is 0 Å². The lowest BCUT2D eigenvalue weighted by Gasteiger charge is -2.12. The first kappa shape index (κ1) is 14.1. The predicted octanol–water partition coefficient (Wildman–Crippen LogP) is 1.66. The lowest BCUT2D eigenvalue weighted by atomic mass is 10.1. The number of aromatic hydroxyl groups is 1. The van der Waals surface area contributed by atoms with Gasteiger partial charge in [-0.2, -0.15) is 5.26 Å². The maximum atomic E-state index is 9.75. The second-order valence-electron chi connectivity index (χ2n) is 4.01. The Morgan fingerprint density at radius 1 is 1.33 bits per heavy atom. The fraction of sp³-hybridized carbons (Fsp3) is 0.462. The van der Waals surface area contributed by atoms with Crippen molar-refractivity contribution in [2.45, 2.75) is 13.5 Å². The lowest BCUT2D eigenvalue weighted by Crippen LogP contribution is -2.19. The first-order chi connectivity index (χ1) is 8.62. The summed E-state index contributed by atoms with van der Waals surface area (Å²) >= 11 is 0. The molecule has 98 valence electrons. The highest BCUT2D eigenvalue weighted by Crippen LogP contribution is 2.36. The molecule has 1 rings (SSSR count). The number of phenolic OH excluding ortho intramolecular Hbond substituents is 1. The molecule has 0 aliphatic heterocycles. The number of phenols is 1. The molecule has 0 aliphatic carbocycles. The van der Waals surface area contributed by atoms with Gasteiger partial charge in [-0.3, -0.25) is 0 Å². The number of hydrogen-bond acceptors (Lipinski definition) is 5. The number of nitrogens with zero attached hydrogens (tertiary/aromatic N) is 1. The van der Waals surface area contributed by atoms with Gasteiger partial charge >= 0.3 is 0 Å². The summed E-state index contributed by atoms with van der Waals surface area (Å²) in [5.41, 5.74) is 0.923. The number of benzene rings is 1. The number of hydrogen-bond donors (Lipinski definition) is 2. The maximum Gasteiger partial charge on any atom is 0.200 e. The van der Waals surface area contributed by atoms with Crippen molar-refractivity contribution < 1.29 is 14.6 Å². The van der Waals surface area contributed by atoms with Crippen molar-refractivity contribution in [3.05, 3.63) is 17.7 Å². The molecule has 0 saturated carbocycles. The molecule has 5 nitrogen and oxygen atoms in total. The third kappa shape index (κ3) is 3.54. The van der Waals surface area contributed by atoms with E-state index in [1.54, 1.807) is 12.1 Å². The molecule has 0 aromatic heterocycles. The Balaban J connectivity index is 2.75. The molecule has 18 heavy (non-hydrogen) atoms. The van der Waals surface area contributed by atoms with Crippen molar-refractivity contribution in [3.63, 3.8) is 0 Å². The Morgan fingerprint density at radius 3 is 2.33 bits per heavy atom. The molecule has 0 heterocycles. The zero-order valence-electron chi connectivity index (χ0n) is 10.9. The summed E-state index contributed by atoms with van der Waals surface area (Å²) < 4.78 is 10.1. The van der Waals surface area contributed by atoms with E-state index in [0.29, 0.717) is 24.6 Å². The van der Waals surface area contributed by atoms with Gasteiger partial charge in [0.05, 0.1) is 26.2 Å². The summed E-state index contributed by atoms with van der Waals surface area (Å²) in [6, 6.07) is 5.63. The highest BCUT2D eigenvalue weighted by Gasteiger charge is 2.11. The summed E-state index contributed by atoms with van der Waals surface area (Å²) in [5, 5.41) is 21.6. The number of nitrogens with one attached hydrogen (secondary N) is 1. The second-order valence-corrected chi connectivity index (χ2v) is 4.01. The van der Waals surface area contributed by atoms with Crippen LogP contribution in [-0.4, -0.2) is 25.9 Å². The van der Waals surface area contributed by atoms with E-state index in [4.69, 9.17) is 14.7 Å². The molecule has 1 aromatic rings. The molecule has 1 unspecified atom stereocenters. The number of rotatable bonds is 6. The first-order valence-corrected chi connectivity index (χ1v) is 5.66. The van der Waals surface area contributed by atoms with Crippen LogP contribution >= 0.6 is 0 Å². The van der Waals surface area contributed by atoms with Gasteiger partial charge in [0.15, 0.2) is 11.5 Å². The lowest BCUT2D eigenvalue weighted by molar-refractivity contribution is 0.339. The SMILES string of the molecule is COc1cc(CNCC(C)C#N)cc(OC)c1O. The number of ether oxygens (including phenoxy) is 2. The van der Waals surface area contributed by atoms with Gasteiger partial charge in [0.25, 0.3) is 0 Å². The monoisotopic (exact) mass is 250 g/mol. The topological polar surface area (TPSA) is 74.5 Å². The molecule has 0 aliphatic rings. The molecular formula is C13H18N2O3. The summed E-state index contributed by atoms with van der Waals surface area (Å²) in [5.74, 6) is 0.707. The Bertz CT molecular complexity index is 415. The van der Waals surface area contributed by atoms with Crippen LogP contribution in [0.25, 0.3) is 0 Å². The minimum Gasteiger partial charge on any atom is -0.502 e. The third-order valence-corrected chi connectivity index (χ3v) is 2.54. The van der Waals surface area contributed by atoms with E-state index in [1.807, 2.05) is 6.92 Å². The zero-order chi connectivity index (χ0) is 13.5. The molecule has 0 spiro atoms.